The van der Waals surface area contributed by atoms with Crippen LogP contribution in [0.5, 0.6) is 0 Å². The maximum atomic E-state index is 12.8. The molecule has 4 rings (SSSR count). The average Bonchev–Trinajstić information content (AvgIpc) is 3.41. The number of rotatable bonds is 30. The number of urea groups is 3. The van der Waals surface area contributed by atoms with Crippen molar-refractivity contribution in [1.29, 1.82) is 0 Å². The van der Waals surface area contributed by atoms with Crippen molar-refractivity contribution < 1.29 is 74.5 Å². The minimum Gasteiger partial charge on any atom is -1.00 e. The maximum Gasteiger partial charge on any atom is 0.416 e. The zero-order valence-corrected chi connectivity index (χ0v) is 50.4. The molecule has 0 atom stereocenters. The van der Waals surface area contributed by atoms with E-state index < -0.39 is 41.6 Å². The lowest BCUT2D eigenvalue weighted by Gasteiger charge is -2.39. The largest absolute Gasteiger partial charge is 1.00 e. The lowest BCUT2D eigenvalue weighted by Crippen LogP contribution is -3.00. The SMILES string of the molecule is CCCC[N+](CCCC)(CCCC)CCCC.CCCC[N+](CCCC)(CCCC)CCCC.O=C(Nc1ccc(C(F)(F)F)cc1)Nc1ccccc1NC(=O)Nc1ccccc1NC(=O)Nc1ccc(C(F)(F)F)cc1.[Cl-].[Cl-]. The van der Waals surface area contributed by atoms with Crippen LogP contribution in [0, 0.1) is 0 Å². The van der Waals surface area contributed by atoms with Crippen molar-refractivity contribution >= 4 is 52.2 Å². The van der Waals surface area contributed by atoms with Crippen LogP contribution in [-0.4, -0.2) is 79.4 Å². The highest BCUT2D eigenvalue weighted by atomic mass is 35.5. The van der Waals surface area contributed by atoms with Crippen molar-refractivity contribution in [3.05, 3.63) is 108 Å². The first kappa shape index (κ1) is 74.8. The molecule has 0 aliphatic heterocycles. The summed E-state index contributed by atoms with van der Waals surface area (Å²) < 4.78 is 79.4. The lowest BCUT2D eigenvalue weighted by atomic mass is 10.1. The highest BCUT2D eigenvalue weighted by Crippen LogP contribution is 2.32. The first-order valence-corrected chi connectivity index (χ1v) is 28.7. The number of para-hydroxylation sites is 4. The van der Waals surface area contributed by atoms with Gasteiger partial charge >= 0.3 is 30.4 Å². The number of carbonyl (C=O) groups excluding carboxylic acids is 3. The normalized spacial score (nSPS) is 11.3. The second kappa shape index (κ2) is 40.9. The monoisotopic (exact) mass is 1170 g/mol. The summed E-state index contributed by atoms with van der Waals surface area (Å²) in [5, 5.41) is 14.9. The van der Waals surface area contributed by atoms with Crippen molar-refractivity contribution in [2.75, 3.05) is 84.3 Å². The van der Waals surface area contributed by atoms with Gasteiger partial charge in [-0.05, 0) is 124 Å². The van der Waals surface area contributed by atoms with Gasteiger partial charge in [-0.3, -0.25) is 0 Å². The van der Waals surface area contributed by atoms with Crippen LogP contribution in [0.25, 0.3) is 0 Å². The van der Waals surface area contributed by atoms with Gasteiger partial charge in [0.1, 0.15) is 0 Å². The van der Waals surface area contributed by atoms with Crippen LogP contribution in [-0.2, 0) is 12.4 Å². The van der Waals surface area contributed by atoms with Gasteiger partial charge in [0.15, 0.2) is 0 Å². The fraction of sp³-hybridized carbons (Fsp3) is 0.557. The number of benzene rings is 4. The number of anilines is 6. The molecule has 0 heterocycles. The molecule has 0 saturated carbocycles. The number of nitrogens with one attached hydrogen (secondary N) is 6. The summed E-state index contributed by atoms with van der Waals surface area (Å²) in [6.07, 6.45) is 13.1. The van der Waals surface area contributed by atoms with Crippen LogP contribution in [0.2, 0.25) is 0 Å². The van der Waals surface area contributed by atoms with Gasteiger partial charge in [0.2, 0.25) is 0 Å². The van der Waals surface area contributed by atoms with Gasteiger partial charge in [0.05, 0.1) is 86.2 Å². The van der Waals surface area contributed by atoms with Crippen molar-refractivity contribution in [3.63, 3.8) is 0 Å². The molecule has 0 bridgehead atoms. The fourth-order valence-electron chi connectivity index (χ4n) is 9.02. The number of amides is 6. The molecule has 11 nitrogen and oxygen atoms in total. The van der Waals surface area contributed by atoms with Gasteiger partial charge in [-0.15, -0.1) is 0 Å². The van der Waals surface area contributed by atoms with Crippen LogP contribution in [0.15, 0.2) is 97.1 Å². The van der Waals surface area contributed by atoms with Crippen molar-refractivity contribution in [2.45, 2.75) is 170 Å². The third-order valence-corrected chi connectivity index (χ3v) is 13.7. The predicted molar refractivity (Wildman–Crippen MR) is 312 cm³/mol. The second-order valence-electron chi connectivity index (χ2n) is 20.3. The molecule has 0 radical (unpaired) electrons. The van der Waals surface area contributed by atoms with Crippen LogP contribution in [0.3, 0.4) is 0 Å². The summed E-state index contributed by atoms with van der Waals surface area (Å²) in [5.41, 5.74) is -0.892. The Morgan fingerprint density at radius 2 is 0.512 bits per heavy atom. The van der Waals surface area contributed by atoms with Crippen LogP contribution in [0.1, 0.15) is 169 Å². The molecule has 0 unspecified atom stereocenters. The third kappa shape index (κ3) is 29.5. The van der Waals surface area contributed by atoms with E-state index in [4.69, 9.17) is 0 Å². The van der Waals surface area contributed by atoms with E-state index in [2.05, 4.69) is 87.3 Å². The Kier molecular flexibility index (Phi) is 38.2. The Labute approximate surface area is 487 Å². The molecule has 4 aromatic carbocycles. The predicted octanol–water partition coefficient (Wildman–Crippen LogP) is 12.7. The van der Waals surface area contributed by atoms with E-state index in [1.807, 2.05) is 0 Å². The number of hydrogen-bond donors (Lipinski definition) is 6. The molecule has 0 saturated heterocycles. The highest BCUT2D eigenvalue weighted by molar-refractivity contribution is 6.08. The minimum atomic E-state index is -4.52. The summed E-state index contributed by atoms with van der Waals surface area (Å²) in [5.74, 6) is 0. The maximum absolute atomic E-state index is 12.8. The third-order valence-electron chi connectivity index (χ3n) is 13.7. The lowest BCUT2D eigenvalue weighted by molar-refractivity contribution is -0.929. The smallest absolute Gasteiger partial charge is 0.416 e. The van der Waals surface area contributed by atoms with E-state index in [9.17, 15) is 40.7 Å². The summed E-state index contributed by atoms with van der Waals surface area (Å²) in [7, 11) is 0. The Hall–Kier alpha value is -5.23. The van der Waals surface area contributed by atoms with Crippen LogP contribution >= 0.6 is 0 Å². The number of nitrogens with zero attached hydrogens (tertiary/aromatic N) is 2. The Balaban J connectivity index is 0.00000143. The molecule has 452 valence electrons. The zero-order valence-electron chi connectivity index (χ0n) is 48.9. The first-order chi connectivity index (χ1) is 37.3. The molecule has 80 heavy (non-hydrogen) atoms. The number of alkyl halides is 6. The van der Waals surface area contributed by atoms with E-state index in [0.717, 1.165) is 48.5 Å². The zero-order chi connectivity index (χ0) is 57.9. The van der Waals surface area contributed by atoms with Gasteiger partial charge in [-0.25, -0.2) is 14.4 Å². The minimum absolute atomic E-state index is 0. The van der Waals surface area contributed by atoms with Gasteiger partial charge in [0, 0.05) is 11.4 Å². The number of unbranched alkanes of at least 4 members (excludes halogenated alkanes) is 8. The molecule has 6 amide bonds. The number of hydrogen-bond acceptors (Lipinski definition) is 3. The second-order valence-corrected chi connectivity index (χ2v) is 20.3. The van der Waals surface area contributed by atoms with Gasteiger partial charge < -0.3 is 65.7 Å². The molecule has 0 fully saturated rings. The summed E-state index contributed by atoms with van der Waals surface area (Å²) >= 11 is 0. The van der Waals surface area contributed by atoms with E-state index in [1.54, 1.807) is 24.3 Å². The summed E-state index contributed by atoms with van der Waals surface area (Å²) in [4.78, 5) is 37.7. The molecule has 4 aromatic rings. The van der Waals surface area contributed by atoms with Crippen molar-refractivity contribution in [3.8, 4) is 0 Å². The van der Waals surface area contributed by atoms with Gasteiger partial charge in [-0.2, -0.15) is 26.3 Å². The molecule has 0 aromatic heterocycles. The molecule has 19 heteroatoms. The van der Waals surface area contributed by atoms with Crippen LogP contribution in [0.4, 0.5) is 74.9 Å². The average molecular weight is 1170 g/mol. The number of quaternary nitrogens is 2. The topological polar surface area (TPSA) is 123 Å². The van der Waals surface area contributed by atoms with E-state index in [1.165, 1.54) is 188 Å². The molecule has 6 N–H and O–H groups in total. The Morgan fingerprint density at radius 1 is 0.325 bits per heavy atom. The van der Waals surface area contributed by atoms with E-state index >= 15 is 0 Å². The van der Waals surface area contributed by atoms with Gasteiger partial charge in [0.25, 0.3) is 0 Å². The van der Waals surface area contributed by atoms with Crippen molar-refractivity contribution in [1.82, 2.24) is 0 Å². The quantitative estimate of drug-likeness (QED) is 0.0230. The molecular formula is C61H94Cl2F6N8O3. The van der Waals surface area contributed by atoms with E-state index in [0.29, 0.717) is 0 Å². The van der Waals surface area contributed by atoms with Gasteiger partial charge in [-0.1, -0.05) is 131 Å². The standard InChI is InChI=1S/C29H22F6N6O3.2C16H36N.2ClH/c30-28(31,32)17-9-13-19(14-10-17)36-25(42)38-21-5-1-3-7-23(21)40-27(44)41-24-8-4-2-6-22(24)39-26(43)37-20-15-11-18(12-16-20)29(33,34)35;2*1-5-9-13-17(14-10-6-2,15-11-7-3)16-12-8-4;;/h1-16H,(H2,36,38,42)(H2,37,39,43)(H2,40,41,44);2*5-16H2,1-4H3;2*1H/q;2*+1;;/p-2. The van der Waals surface area contributed by atoms with Crippen LogP contribution < -0.4 is 56.7 Å². The number of carbonyl (C=O) groups is 3. The molecular weight excluding hydrogens is 1080 g/mol. The summed E-state index contributed by atoms with van der Waals surface area (Å²) in [6, 6.07) is 17.5. The first-order valence-electron chi connectivity index (χ1n) is 28.7. The Morgan fingerprint density at radius 3 is 0.688 bits per heavy atom. The van der Waals surface area contributed by atoms with E-state index in [-0.39, 0.29) is 58.9 Å². The Bertz CT molecular complexity index is 2060. The number of halogens is 8. The van der Waals surface area contributed by atoms with Crippen molar-refractivity contribution in [2.24, 2.45) is 0 Å². The summed E-state index contributed by atoms with van der Waals surface area (Å²) in [6.45, 7) is 30.0. The highest BCUT2D eigenvalue weighted by Gasteiger charge is 2.31. The fourth-order valence-corrected chi connectivity index (χ4v) is 9.02. The molecule has 0 aliphatic carbocycles. The molecule has 0 aliphatic rings. The molecule has 0 spiro atoms.